The van der Waals surface area contributed by atoms with Crippen molar-refractivity contribution in [1.29, 1.82) is 0 Å². The molecule has 0 aliphatic heterocycles. The van der Waals surface area contributed by atoms with Crippen molar-refractivity contribution < 1.29 is 0 Å². The lowest BCUT2D eigenvalue weighted by molar-refractivity contribution is 0.269. The Hall–Kier alpha value is -4.88. The van der Waals surface area contributed by atoms with E-state index in [1.165, 1.54) is 85.9 Å². The molecule has 4 aromatic carbocycles. The van der Waals surface area contributed by atoms with Gasteiger partial charge < -0.3 is 4.90 Å². The van der Waals surface area contributed by atoms with E-state index in [0.717, 1.165) is 25.7 Å². The molecule has 4 aromatic rings. The zero-order chi connectivity index (χ0) is 31.4. The summed E-state index contributed by atoms with van der Waals surface area (Å²) in [4.78, 5) is 2.78. The Morgan fingerprint density at radius 1 is 0.708 bits per heavy atom. The van der Waals surface area contributed by atoms with Crippen molar-refractivity contribution in [1.82, 2.24) is 4.90 Å². The van der Waals surface area contributed by atoms with Crippen LogP contribution >= 0.6 is 0 Å². The predicted molar refractivity (Wildman–Crippen MR) is 199 cm³/mol. The van der Waals surface area contributed by atoms with Gasteiger partial charge in [0.05, 0.1) is 11.5 Å². The number of fused-ring (bicyclic) bond motifs is 13. The van der Waals surface area contributed by atoms with Gasteiger partial charge >= 0.3 is 0 Å². The van der Waals surface area contributed by atoms with Crippen LogP contribution in [-0.4, -0.2) is 10.9 Å². The molecule has 4 unspecified atom stereocenters. The number of hydrogen-bond acceptors (Lipinski definition) is 1. The van der Waals surface area contributed by atoms with E-state index in [-0.39, 0.29) is 11.3 Å². The lowest BCUT2D eigenvalue weighted by Crippen LogP contribution is -2.44. The zero-order valence-electron chi connectivity index (χ0n) is 27.3. The van der Waals surface area contributed by atoms with Gasteiger partial charge in [-0.2, -0.15) is 0 Å². The average Bonchev–Trinajstić information content (AvgIpc) is 3.76. The van der Waals surface area contributed by atoms with Gasteiger partial charge in [0.1, 0.15) is 0 Å². The molecule has 0 saturated carbocycles. The molecule has 48 heavy (non-hydrogen) atoms. The fraction of sp³-hybridized carbons (Fsp3) is 0.234. The zero-order valence-corrected chi connectivity index (χ0v) is 27.3. The van der Waals surface area contributed by atoms with Crippen molar-refractivity contribution in [2.75, 3.05) is 0 Å². The van der Waals surface area contributed by atoms with Crippen LogP contribution in [0.3, 0.4) is 0 Å². The maximum absolute atomic E-state index is 2.78. The number of nitrogens with zero attached hydrogens (tertiary/aromatic N) is 1. The van der Waals surface area contributed by atoms with E-state index in [1.54, 1.807) is 11.1 Å². The second-order valence-corrected chi connectivity index (χ2v) is 14.7. The molecule has 0 amide bonds. The maximum Gasteiger partial charge on any atom is 0.0555 e. The Kier molecular flexibility index (Phi) is 5.68. The Bertz CT molecular complexity index is 2300. The van der Waals surface area contributed by atoms with Crippen LogP contribution in [0.1, 0.15) is 73.1 Å². The molecule has 11 rings (SSSR count). The quantitative estimate of drug-likeness (QED) is 0.182. The summed E-state index contributed by atoms with van der Waals surface area (Å²) in [6.45, 7) is 0. The highest BCUT2D eigenvalue weighted by molar-refractivity contribution is 6.19. The highest BCUT2D eigenvalue weighted by Gasteiger charge is 2.61. The maximum atomic E-state index is 2.78. The van der Waals surface area contributed by atoms with Gasteiger partial charge in [0.2, 0.25) is 0 Å². The van der Waals surface area contributed by atoms with E-state index in [0.29, 0.717) is 12.0 Å². The molecule has 1 heteroatoms. The summed E-state index contributed by atoms with van der Waals surface area (Å²) in [7, 11) is 0. The summed E-state index contributed by atoms with van der Waals surface area (Å²) in [5.74, 6) is 0.562. The van der Waals surface area contributed by atoms with E-state index in [4.69, 9.17) is 0 Å². The van der Waals surface area contributed by atoms with Gasteiger partial charge in [-0.3, -0.25) is 0 Å². The first-order valence-corrected chi connectivity index (χ1v) is 18.3. The fourth-order valence-corrected chi connectivity index (χ4v) is 10.9. The predicted octanol–water partition coefficient (Wildman–Crippen LogP) is 11.7. The van der Waals surface area contributed by atoms with Crippen LogP contribution in [0.15, 0.2) is 151 Å². The summed E-state index contributed by atoms with van der Waals surface area (Å²) < 4.78 is 0. The minimum atomic E-state index is -0.271. The van der Waals surface area contributed by atoms with Gasteiger partial charge in [-0.05, 0) is 130 Å². The fourth-order valence-electron chi connectivity index (χ4n) is 10.9. The van der Waals surface area contributed by atoms with Crippen molar-refractivity contribution in [3.05, 3.63) is 173 Å². The van der Waals surface area contributed by atoms with Crippen molar-refractivity contribution >= 4 is 16.3 Å². The molecular formula is C47H39N. The molecule has 1 nitrogen and oxygen atoms in total. The van der Waals surface area contributed by atoms with Crippen LogP contribution in [-0.2, 0) is 5.41 Å². The Labute approximate surface area is 283 Å². The third kappa shape index (κ3) is 3.37. The molecule has 0 saturated heterocycles. The lowest BCUT2D eigenvalue weighted by Gasteiger charge is -2.47. The average molecular weight is 618 g/mol. The Morgan fingerprint density at radius 3 is 2.44 bits per heavy atom. The Morgan fingerprint density at radius 2 is 1.56 bits per heavy atom. The van der Waals surface area contributed by atoms with E-state index >= 15 is 0 Å². The molecular weight excluding hydrogens is 579 g/mol. The summed E-state index contributed by atoms with van der Waals surface area (Å²) in [5, 5.41) is 2.89. The molecule has 7 aliphatic carbocycles. The highest BCUT2D eigenvalue weighted by atomic mass is 15.2. The van der Waals surface area contributed by atoms with Crippen molar-refractivity contribution in [3.63, 3.8) is 0 Å². The van der Waals surface area contributed by atoms with Crippen LogP contribution in [0.2, 0.25) is 0 Å². The first-order chi connectivity index (χ1) is 23.9. The molecule has 232 valence electrons. The number of benzene rings is 4. The van der Waals surface area contributed by atoms with Crippen LogP contribution in [0.5, 0.6) is 0 Å². The number of allylic oxidation sites excluding steroid dienone is 12. The molecule has 0 fully saturated rings. The second kappa shape index (κ2) is 10.1. The molecule has 0 N–H and O–H groups in total. The summed E-state index contributed by atoms with van der Waals surface area (Å²) >= 11 is 0. The third-order valence-corrected chi connectivity index (χ3v) is 12.6. The van der Waals surface area contributed by atoms with E-state index in [1.807, 2.05) is 0 Å². The van der Waals surface area contributed by atoms with Gasteiger partial charge in [-0.1, -0.05) is 115 Å². The van der Waals surface area contributed by atoms with Gasteiger partial charge in [0.15, 0.2) is 0 Å². The summed E-state index contributed by atoms with van der Waals surface area (Å²) in [6, 6.07) is 28.7. The van der Waals surface area contributed by atoms with Crippen LogP contribution in [0.25, 0.3) is 38.6 Å². The second-order valence-electron chi connectivity index (χ2n) is 14.7. The Balaban J connectivity index is 1.24. The summed E-state index contributed by atoms with van der Waals surface area (Å²) in [6.07, 6.45) is 32.7. The van der Waals surface area contributed by atoms with Crippen LogP contribution in [0.4, 0.5) is 0 Å². The van der Waals surface area contributed by atoms with Crippen LogP contribution < -0.4 is 0 Å². The molecule has 0 aromatic heterocycles. The van der Waals surface area contributed by atoms with E-state index in [9.17, 15) is 0 Å². The minimum Gasteiger partial charge on any atom is -0.338 e. The number of rotatable bonds is 3. The minimum absolute atomic E-state index is 0.255. The number of hydrogen-bond donors (Lipinski definition) is 0. The summed E-state index contributed by atoms with van der Waals surface area (Å²) in [5.41, 5.74) is 17.4. The molecule has 0 radical (unpaired) electrons. The van der Waals surface area contributed by atoms with Crippen molar-refractivity contribution in [2.45, 2.75) is 62.3 Å². The third-order valence-electron chi connectivity index (χ3n) is 12.6. The van der Waals surface area contributed by atoms with E-state index < -0.39 is 0 Å². The van der Waals surface area contributed by atoms with Gasteiger partial charge in [-0.15, -0.1) is 0 Å². The highest BCUT2D eigenvalue weighted by Crippen LogP contribution is 2.69. The van der Waals surface area contributed by atoms with Gasteiger partial charge in [0.25, 0.3) is 0 Å². The largest absolute Gasteiger partial charge is 0.338 e. The van der Waals surface area contributed by atoms with Gasteiger partial charge in [-0.25, -0.2) is 0 Å². The molecule has 4 atom stereocenters. The molecule has 1 spiro atoms. The smallest absolute Gasteiger partial charge is 0.0555 e. The SMILES string of the molecule is C1=CC2c3ccccc3C3(C4=C(CCC=C4)c4c3cc3c5c(cccc45)-c4ccccc4-3)C2C(N(C2=CCCC=C2)C2C=CCCC2)=C1. The first-order valence-electron chi connectivity index (χ1n) is 18.3. The van der Waals surface area contributed by atoms with Crippen LogP contribution in [0, 0.1) is 5.92 Å². The molecule has 0 heterocycles. The topological polar surface area (TPSA) is 3.24 Å². The van der Waals surface area contributed by atoms with E-state index in [2.05, 4.69) is 138 Å². The molecule has 7 aliphatic rings. The van der Waals surface area contributed by atoms with Crippen molar-refractivity contribution in [3.8, 4) is 22.3 Å². The standard InChI is InChI=1S/C47H39N/c1-3-15-30(16-4-1)48(31-17-5-2-6-18-31)43-28-14-24-36-34-21-9-11-26-40(34)47(46(36)43)41-27-12-10-22-37(41)45-38-25-13-23-35-32-19-7-8-20-33(32)39(44(35)38)29-42(45)47/h3,5,7-9,11-17,19-21,23-29,31,36,46H,1-2,4,6,10,18,22H2. The lowest BCUT2D eigenvalue weighted by atomic mass is 9.62. The first kappa shape index (κ1) is 27.1. The van der Waals surface area contributed by atoms with Gasteiger partial charge in [0, 0.05) is 23.2 Å². The monoisotopic (exact) mass is 617 g/mol. The molecule has 0 bridgehead atoms. The normalized spacial score (nSPS) is 26.7. The van der Waals surface area contributed by atoms with Crippen molar-refractivity contribution in [2.24, 2.45) is 5.92 Å².